The zero-order valence-corrected chi connectivity index (χ0v) is 19.9. The number of carbonyl (C=O) groups excluding carboxylic acids is 1. The number of primary sulfonamides is 1. The third-order valence-corrected chi connectivity index (χ3v) is 5.88. The Labute approximate surface area is 208 Å². The molecule has 3 N–H and O–H groups in total. The fraction of sp³-hybridized carbons (Fsp3) is 0.0476. The molecule has 0 fully saturated rings. The SMILES string of the molecule is N#Cc1cc(Cl)cc(Oc2c(Cl)ccc(OCC(=O)Nc3ccc(S(N)(=O)=O)cc3Cl)c2F)c1. The fourth-order valence-electron chi connectivity index (χ4n) is 2.63. The molecule has 0 aliphatic heterocycles. The summed E-state index contributed by atoms with van der Waals surface area (Å²) in [5.41, 5.74) is 0.288. The standard InChI is InChI=1S/C21H13Cl3FN3O5S/c22-12-5-11(9-26)6-13(7-12)33-21-15(23)2-4-18(20(21)25)32-10-19(29)28-17-3-1-14(8-16(17)24)34(27,30)31/h1-8H,10H2,(H,28,29)(H2,27,30,31). The van der Waals surface area contributed by atoms with Crippen LogP contribution in [-0.4, -0.2) is 20.9 Å². The lowest BCUT2D eigenvalue weighted by Crippen LogP contribution is -2.21. The van der Waals surface area contributed by atoms with Gasteiger partial charge in [-0.1, -0.05) is 34.8 Å². The number of amides is 1. The van der Waals surface area contributed by atoms with Gasteiger partial charge in [0.15, 0.2) is 18.1 Å². The van der Waals surface area contributed by atoms with Crippen LogP contribution in [0.2, 0.25) is 15.1 Å². The summed E-state index contributed by atoms with van der Waals surface area (Å²) in [4.78, 5) is 12.0. The number of ether oxygens (including phenoxy) is 2. The van der Waals surface area contributed by atoms with Crippen LogP contribution >= 0.6 is 34.8 Å². The van der Waals surface area contributed by atoms with Gasteiger partial charge in [0, 0.05) is 5.02 Å². The number of benzene rings is 3. The first-order valence-electron chi connectivity index (χ1n) is 9.09. The van der Waals surface area contributed by atoms with Crippen molar-refractivity contribution in [2.75, 3.05) is 11.9 Å². The Bertz CT molecular complexity index is 1430. The highest BCUT2D eigenvalue weighted by Gasteiger charge is 2.18. The highest BCUT2D eigenvalue weighted by atomic mass is 35.5. The zero-order chi connectivity index (χ0) is 25.0. The first-order valence-corrected chi connectivity index (χ1v) is 11.8. The predicted molar refractivity (Wildman–Crippen MR) is 125 cm³/mol. The van der Waals surface area contributed by atoms with Gasteiger partial charge in [-0.25, -0.2) is 13.6 Å². The van der Waals surface area contributed by atoms with E-state index in [4.69, 9.17) is 54.7 Å². The van der Waals surface area contributed by atoms with Crippen LogP contribution in [0, 0.1) is 17.1 Å². The molecule has 0 saturated carbocycles. The Kier molecular flexibility index (Phi) is 7.86. The third kappa shape index (κ3) is 6.28. The second-order valence-electron chi connectivity index (χ2n) is 6.60. The zero-order valence-electron chi connectivity index (χ0n) is 16.8. The summed E-state index contributed by atoms with van der Waals surface area (Å²) in [7, 11) is -3.97. The van der Waals surface area contributed by atoms with Crippen LogP contribution in [0.25, 0.3) is 0 Å². The average Bonchev–Trinajstić information content (AvgIpc) is 2.76. The molecule has 0 saturated heterocycles. The molecular weight excluding hydrogens is 532 g/mol. The minimum atomic E-state index is -3.97. The van der Waals surface area contributed by atoms with Crippen LogP contribution in [0.3, 0.4) is 0 Å². The molecular formula is C21H13Cl3FN3O5S. The second kappa shape index (κ2) is 10.5. The number of anilines is 1. The van der Waals surface area contributed by atoms with Gasteiger partial charge in [0.2, 0.25) is 15.8 Å². The Hall–Kier alpha value is -3.07. The molecule has 0 heterocycles. The van der Waals surface area contributed by atoms with E-state index < -0.39 is 34.1 Å². The number of nitriles is 1. The van der Waals surface area contributed by atoms with Crippen molar-refractivity contribution in [2.24, 2.45) is 5.14 Å². The van der Waals surface area contributed by atoms with Gasteiger partial charge in [0.1, 0.15) is 5.75 Å². The van der Waals surface area contributed by atoms with Crippen molar-refractivity contribution in [1.82, 2.24) is 0 Å². The monoisotopic (exact) mass is 543 g/mol. The van der Waals surface area contributed by atoms with Crippen molar-refractivity contribution < 1.29 is 27.1 Å². The molecule has 13 heteroatoms. The van der Waals surface area contributed by atoms with Crippen molar-refractivity contribution >= 4 is 56.4 Å². The smallest absolute Gasteiger partial charge is 0.262 e. The number of carbonyl (C=O) groups is 1. The summed E-state index contributed by atoms with van der Waals surface area (Å²) < 4.78 is 48.4. The van der Waals surface area contributed by atoms with Crippen LogP contribution in [0.5, 0.6) is 17.2 Å². The van der Waals surface area contributed by atoms with Crippen LogP contribution in [0.15, 0.2) is 53.4 Å². The largest absolute Gasteiger partial charge is 0.481 e. The van der Waals surface area contributed by atoms with Crippen molar-refractivity contribution in [3.8, 4) is 23.3 Å². The van der Waals surface area contributed by atoms with Gasteiger partial charge in [-0.05, 0) is 48.5 Å². The van der Waals surface area contributed by atoms with Gasteiger partial charge in [-0.2, -0.15) is 9.65 Å². The average molecular weight is 545 g/mol. The number of sulfonamides is 1. The minimum absolute atomic E-state index is 0.0670. The van der Waals surface area contributed by atoms with Crippen LogP contribution in [0.1, 0.15) is 5.56 Å². The quantitative estimate of drug-likeness (QED) is 0.425. The third-order valence-electron chi connectivity index (χ3n) is 4.14. The molecule has 0 spiro atoms. The maximum absolute atomic E-state index is 14.9. The van der Waals surface area contributed by atoms with E-state index in [1.807, 2.05) is 6.07 Å². The molecule has 176 valence electrons. The predicted octanol–water partition coefficient (Wildman–Crippen LogP) is 5.11. The Morgan fingerprint density at radius 3 is 2.47 bits per heavy atom. The van der Waals surface area contributed by atoms with Crippen LogP contribution < -0.4 is 19.9 Å². The first kappa shape index (κ1) is 25.6. The van der Waals surface area contributed by atoms with E-state index in [1.165, 1.54) is 36.4 Å². The molecule has 3 rings (SSSR count). The van der Waals surface area contributed by atoms with Gasteiger partial charge >= 0.3 is 0 Å². The fourth-order valence-corrected chi connectivity index (χ4v) is 3.87. The summed E-state index contributed by atoms with van der Waals surface area (Å²) in [5.74, 6) is -2.37. The Morgan fingerprint density at radius 2 is 1.82 bits per heavy atom. The molecule has 3 aromatic carbocycles. The van der Waals surface area contributed by atoms with Crippen molar-refractivity contribution in [2.45, 2.75) is 4.90 Å². The summed E-state index contributed by atoms with van der Waals surface area (Å²) in [6.07, 6.45) is 0. The topological polar surface area (TPSA) is 132 Å². The summed E-state index contributed by atoms with van der Waals surface area (Å²) in [6, 6.07) is 12.0. The first-order chi connectivity index (χ1) is 16.0. The lowest BCUT2D eigenvalue weighted by Gasteiger charge is -2.13. The number of rotatable bonds is 7. The Morgan fingerprint density at radius 1 is 1.09 bits per heavy atom. The van der Waals surface area contributed by atoms with E-state index >= 15 is 0 Å². The van der Waals surface area contributed by atoms with Gasteiger partial charge in [-0.3, -0.25) is 4.79 Å². The van der Waals surface area contributed by atoms with Crippen LogP contribution in [-0.2, 0) is 14.8 Å². The number of nitrogens with one attached hydrogen (secondary N) is 1. The molecule has 8 nitrogen and oxygen atoms in total. The van der Waals surface area contributed by atoms with E-state index in [-0.39, 0.29) is 42.7 Å². The summed E-state index contributed by atoms with van der Waals surface area (Å²) >= 11 is 17.9. The maximum atomic E-state index is 14.9. The molecule has 0 aromatic heterocycles. The minimum Gasteiger partial charge on any atom is -0.481 e. The van der Waals surface area contributed by atoms with E-state index in [9.17, 15) is 17.6 Å². The van der Waals surface area contributed by atoms with E-state index in [1.54, 1.807) is 0 Å². The summed E-state index contributed by atoms with van der Waals surface area (Å²) in [6.45, 7) is -0.624. The molecule has 0 aliphatic rings. The lowest BCUT2D eigenvalue weighted by molar-refractivity contribution is -0.118. The molecule has 0 bridgehead atoms. The van der Waals surface area contributed by atoms with Crippen molar-refractivity contribution in [1.29, 1.82) is 5.26 Å². The Balaban J connectivity index is 1.73. The number of halogens is 4. The molecule has 3 aromatic rings. The van der Waals surface area contributed by atoms with E-state index in [0.717, 1.165) is 12.1 Å². The molecule has 0 unspecified atom stereocenters. The van der Waals surface area contributed by atoms with E-state index in [2.05, 4.69) is 5.32 Å². The molecule has 1 amide bonds. The van der Waals surface area contributed by atoms with Gasteiger partial charge < -0.3 is 14.8 Å². The maximum Gasteiger partial charge on any atom is 0.262 e. The van der Waals surface area contributed by atoms with Crippen molar-refractivity contribution in [3.05, 3.63) is 75.0 Å². The number of nitrogens with zero attached hydrogens (tertiary/aromatic N) is 1. The van der Waals surface area contributed by atoms with Gasteiger partial charge in [0.05, 0.1) is 32.3 Å². The molecule has 34 heavy (non-hydrogen) atoms. The van der Waals surface area contributed by atoms with Gasteiger partial charge in [-0.15, -0.1) is 0 Å². The second-order valence-corrected chi connectivity index (χ2v) is 9.41. The van der Waals surface area contributed by atoms with E-state index in [0.29, 0.717) is 0 Å². The van der Waals surface area contributed by atoms with Crippen molar-refractivity contribution in [3.63, 3.8) is 0 Å². The molecule has 0 atom stereocenters. The number of nitrogens with two attached hydrogens (primary N) is 1. The lowest BCUT2D eigenvalue weighted by atomic mass is 10.2. The highest BCUT2D eigenvalue weighted by Crippen LogP contribution is 2.38. The van der Waals surface area contributed by atoms with Crippen LogP contribution in [0.4, 0.5) is 10.1 Å². The normalized spacial score (nSPS) is 10.9. The highest BCUT2D eigenvalue weighted by molar-refractivity contribution is 7.89. The molecule has 0 radical (unpaired) electrons. The van der Waals surface area contributed by atoms with Gasteiger partial charge in [0.25, 0.3) is 5.91 Å². The summed E-state index contributed by atoms with van der Waals surface area (Å²) in [5, 5.41) is 16.5. The number of hydrogen-bond donors (Lipinski definition) is 2. The number of hydrogen-bond acceptors (Lipinski definition) is 6. The molecule has 0 aliphatic carbocycles.